The summed E-state index contributed by atoms with van der Waals surface area (Å²) in [6.07, 6.45) is 22.3. The van der Waals surface area contributed by atoms with Gasteiger partial charge < -0.3 is 10.2 Å². The predicted octanol–water partition coefficient (Wildman–Crippen LogP) is 5.41. The molecule has 0 radical (unpaired) electrons. The second kappa shape index (κ2) is 17.0. The highest BCUT2D eigenvalue weighted by Crippen LogP contribution is 2.06. The number of rotatable bonds is 15. The minimum atomic E-state index is -0.729. The normalized spacial score (nSPS) is 13.5. The van der Waals surface area contributed by atoms with Gasteiger partial charge in [0.1, 0.15) is 0 Å². The number of aliphatic hydroxyl groups is 1. The molecule has 0 heterocycles. The summed E-state index contributed by atoms with van der Waals surface area (Å²) in [5.74, 6) is -0.729. The molecule has 0 bridgehead atoms. The average Bonchev–Trinajstić information content (AvgIpc) is 2.52. The number of allylic oxidation sites excluding steroid dienone is 5. The Hall–Kier alpha value is -1.35. The minimum absolute atomic E-state index is 0.241. The Morgan fingerprint density at radius 1 is 0.913 bits per heavy atom. The van der Waals surface area contributed by atoms with E-state index in [1.165, 1.54) is 19.3 Å². The Morgan fingerprint density at radius 2 is 1.57 bits per heavy atom. The van der Waals surface area contributed by atoms with E-state index in [0.717, 1.165) is 38.5 Å². The first-order chi connectivity index (χ1) is 11.2. The van der Waals surface area contributed by atoms with Gasteiger partial charge in [-0.15, -0.1) is 0 Å². The summed E-state index contributed by atoms with van der Waals surface area (Å²) in [5, 5.41) is 18.4. The lowest BCUT2D eigenvalue weighted by Crippen LogP contribution is -2.03. The molecule has 0 aromatic carbocycles. The molecule has 0 aliphatic heterocycles. The molecule has 2 N–H and O–H groups in total. The Morgan fingerprint density at radius 3 is 2.26 bits per heavy atom. The van der Waals surface area contributed by atoms with Crippen LogP contribution in [0.15, 0.2) is 36.5 Å². The highest BCUT2D eigenvalue weighted by Gasteiger charge is 1.98. The van der Waals surface area contributed by atoms with Gasteiger partial charge in [-0.25, -0.2) is 0 Å². The third kappa shape index (κ3) is 18.6. The number of carboxylic acid groups (broad SMARTS) is 1. The molecule has 0 saturated carbocycles. The van der Waals surface area contributed by atoms with E-state index < -0.39 is 5.97 Å². The van der Waals surface area contributed by atoms with Crippen LogP contribution in [-0.4, -0.2) is 22.3 Å². The molecule has 0 saturated heterocycles. The Bertz CT molecular complexity index is 356. The Balaban J connectivity index is 3.47. The highest BCUT2D eigenvalue weighted by atomic mass is 16.4. The van der Waals surface area contributed by atoms with Crippen LogP contribution < -0.4 is 0 Å². The fraction of sp³-hybridized carbons (Fsp3) is 0.650. The van der Waals surface area contributed by atoms with Crippen molar-refractivity contribution in [2.45, 2.75) is 83.7 Å². The summed E-state index contributed by atoms with van der Waals surface area (Å²) in [4.78, 5) is 10.3. The maximum atomic E-state index is 10.3. The van der Waals surface area contributed by atoms with E-state index in [9.17, 15) is 9.90 Å². The van der Waals surface area contributed by atoms with Gasteiger partial charge in [-0.1, -0.05) is 56.2 Å². The molecule has 0 aliphatic carbocycles. The zero-order valence-electron chi connectivity index (χ0n) is 14.6. The van der Waals surface area contributed by atoms with Crippen LogP contribution in [-0.2, 0) is 4.79 Å². The molecule has 0 amide bonds. The third-order valence-corrected chi connectivity index (χ3v) is 3.58. The fourth-order valence-electron chi connectivity index (χ4n) is 2.17. The number of hydrogen-bond donors (Lipinski definition) is 2. The molecule has 1 atom stereocenters. The molecule has 0 aromatic heterocycles. The van der Waals surface area contributed by atoms with Gasteiger partial charge in [-0.3, -0.25) is 4.79 Å². The van der Waals surface area contributed by atoms with Crippen LogP contribution in [0.1, 0.15) is 77.6 Å². The van der Waals surface area contributed by atoms with Gasteiger partial charge in [-0.2, -0.15) is 0 Å². The van der Waals surface area contributed by atoms with Gasteiger partial charge in [0.2, 0.25) is 0 Å². The van der Waals surface area contributed by atoms with Gasteiger partial charge in [0, 0.05) is 6.42 Å². The summed E-state index contributed by atoms with van der Waals surface area (Å²) in [6, 6.07) is 0. The lowest BCUT2D eigenvalue weighted by Gasteiger charge is -2.05. The fourth-order valence-corrected chi connectivity index (χ4v) is 2.17. The van der Waals surface area contributed by atoms with Crippen molar-refractivity contribution in [3.8, 4) is 0 Å². The molecule has 23 heavy (non-hydrogen) atoms. The van der Waals surface area contributed by atoms with Gasteiger partial charge in [0.25, 0.3) is 0 Å². The van der Waals surface area contributed by atoms with Crippen molar-refractivity contribution in [2.24, 2.45) is 0 Å². The van der Waals surface area contributed by atoms with Crippen molar-refractivity contribution in [1.29, 1.82) is 0 Å². The van der Waals surface area contributed by atoms with Crippen molar-refractivity contribution >= 4 is 5.97 Å². The van der Waals surface area contributed by atoms with Crippen LogP contribution in [0.3, 0.4) is 0 Å². The quantitative estimate of drug-likeness (QED) is 0.313. The van der Waals surface area contributed by atoms with Crippen LogP contribution in [0.4, 0.5) is 0 Å². The molecule has 0 rings (SSSR count). The summed E-state index contributed by atoms with van der Waals surface area (Å²) in [7, 11) is 0. The van der Waals surface area contributed by atoms with Gasteiger partial charge in [-0.05, 0) is 51.4 Å². The molecule has 0 spiro atoms. The SMILES string of the molecule is CCCCC/C=C\CC(O)CC/C=C\C/C=C\CCCC(=O)O. The first-order valence-electron chi connectivity index (χ1n) is 9.01. The molecule has 3 heteroatoms. The van der Waals surface area contributed by atoms with Gasteiger partial charge in [0.05, 0.1) is 6.10 Å². The molecular formula is C20H34O3. The second-order valence-electron chi connectivity index (χ2n) is 5.90. The average molecular weight is 322 g/mol. The summed E-state index contributed by atoms with van der Waals surface area (Å²) in [6.45, 7) is 2.20. The number of unbranched alkanes of at least 4 members (excludes halogenated alkanes) is 4. The maximum absolute atomic E-state index is 10.3. The van der Waals surface area contributed by atoms with Crippen molar-refractivity contribution in [1.82, 2.24) is 0 Å². The van der Waals surface area contributed by atoms with E-state index in [4.69, 9.17) is 5.11 Å². The molecule has 0 aromatic rings. The third-order valence-electron chi connectivity index (χ3n) is 3.58. The Kier molecular flexibility index (Phi) is 16.0. The van der Waals surface area contributed by atoms with Crippen LogP contribution in [0.2, 0.25) is 0 Å². The summed E-state index contributed by atoms with van der Waals surface area (Å²) < 4.78 is 0. The maximum Gasteiger partial charge on any atom is 0.303 e. The number of carboxylic acids is 1. The zero-order valence-corrected chi connectivity index (χ0v) is 14.6. The molecular weight excluding hydrogens is 288 g/mol. The highest BCUT2D eigenvalue weighted by molar-refractivity contribution is 5.66. The van der Waals surface area contributed by atoms with Crippen LogP contribution in [0.5, 0.6) is 0 Å². The lowest BCUT2D eigenvalue weighted by molar-refractivity contribution is -0.137. The number of hydrogen-bond acceptors (Lipinski definition) is 2. The van der Waals surface area contributed by atoms with Gasteiger partial charge in [0.15, 0.2) is 0 Å². The van der Waals surface area contributed by atoms with Crippen molar-refractivity contribution in [3.63, 3.8) is 0 Å². The molecule has 132 valence electrons. The second-order valence-corrected chi connectivity index (χ2v) is 5.90. The standard InChI is InChI=1S/C20H34O3/c1-2-3-4-5-10-13-16-19(21)17-14-11-8-6-7-9-12-15-18-20(22)23/h7-11,13,19,21H,2-6,12,14-18H2,1H3,(H,22,23)/b9-7-,11-8-,13-10-. The molecule has 0 aliphatic rings. The van der Waals surface area contributed by atoms with Crippen LogP contribution >= 0.6 is 0 Å². The van der Waals surface area contributed by atoms with Crippen molar-refractivity contribution in [2.75, 3.05) is 0 Å². The van der Waals surface area contributed by atoms with Crippen molar-refractivity contribution in [3.05, 3.63) is 36.5 Å². The first kappa shape index (κ1) is 21.6. The van der Waals surface area contributed by atoms with Crippen molar-refractivity contribution < 1.29 is 15.0 Å². The van der Waals surface area contributed by atoms with Crippen LogP contribution in [0.25, 0.3) is 0 Å². The topological polar surface area (TPSA) is 57.5 Å². The monoisotopic (exact) mass is 322 g/mol. The van der Waals surface area contributed by atoms with E-state index in [2.05, 4.69) is 37.3 Å². The molecule has 0 fully saturated rings. The number of aliphatic carboxylic acids is 1. The van der Waals surface area contributed by atoms with E-state index in [0.29, 0.717) is 6.42 Å². The Labute approximate surface area is 141 Å². The van der Waals surface area contributed by atoms with E-state index >= 15 is 0 Å². The van der Waals surface area contributed by atoms with Gasteiger partial charge >= 0.3 is 5.97 Å². The molecule has 3 nitrogen and oxygen atoms in total. The first-order valence-corrected chi connectivity index (χ1v) is 9.01. The lowest BCUT2D eigenvalue weighted by atomic mass is 10.1. The van der Waals surface area contributed by atoms with E-state index in [1.807, 2.05) is 6.08 Å². The predicted molar refractivity (Wildman–Crippen MR) is 97.5 cm³/mol. The van der Waals surface area contributed by atoms with E-state index in [-0.39, 0.29) is 12.5 Å². The minimum Gasteiger partial charge on any atom is -0.481 e. The largest absolute Gasteiger partial charge is 0.481 e. The molecule has 1 unspecified atom stereocenters. The smallest absolute Gasteiger partial charge is 0.303 e. The van der Waals surface area contributed by atoms with E-state index in [1.54, 1.807) is 0 Å². The number of aliphatic hydroxyl groups excluding tert-OH is 1. The summed E-state index contributed by atoms with van der Waals surface area (Å²) >= 11 is 0. The van der Waals surface area contributed by atoms with Crippen LogP contribution in [0, 0.1) is 0 Å². The number of carbonyl (C=O) groups is 1. The summed E-state index contributed by atoms with van der Waals surface area (Å²) in [5.41, 5.74) is 0. The zero-order chi connectivity index (χ0) is 17.2.